The van der Waals surface area contributed by atoms with Gasteiger partial charge >= 0.3 is 0 Å². The van der Waals surface area contributed by atoms with E-state index >= 15 is 0 Å². The Morgan fingerprint density at radius 1 is 0.933 bits per heavy atom. The van der Waals surface area contributed by atoms with Crippen LogP contribution < -0.4 is 0 Å². The summed E-state index contributed by atoms with van der Waals surface area (Å²) in [5.41, 5.74) is 1.13. The molecule has 0 saturated heterocycles. The van der Waals surface area contributed by atoms with E-state index < -0.39 is 0 Å². The average molecular weight is 210 g/mol. The monoisotopic (exact) mass is 210 g/mol. The molecule has 0 amide bonds. The Bertz CT molecular complexity index is 202. The number of rotatable bonds is 2. The summed E-state index contributed by atoms with van der Waals surface area (Å²) in [5.74, 6) is 2.54. The fraction of sp³-hybridized carbons (Fsp3) is 1.00. The molecule has 0 aliphatic heterocycles. The number of hydrogen-bond donors (Lipinski definition) is 0. The predicted octanol–water partition coefficient (Wildman–Crippen LogP) is 5.13. The van der Waals surface area contributed by atoms with Gasteiger partial charge in [0.2, 0.25) is 0 Å². The molecule has 1 saturated carbocycles. The van der Waals surface area contributed by atoms with Crippen LogP contribution in [-0.4, -0.2) is 0 Å². The first-order valence-corrected chi connectivity index (χ1v) is 6.69. The van der Waals surface area contributed by atoms with E-state index in [0.29, 0.717) is 10.8 Å². The van der Waals surface area contributed by atoms with Crippen molar-refractivity contribution in [1.82, 2.24) is 0 Å². The van der Waals surface area contributed by atoms with Crippen LogP contribution in [0.2, 0.25) is 0 Å². The standard InChI is InChI=1S/C15H30/c1-11(2)15(12(3)4)9-13(5)8-14(6,7)10-15/h11-13H,8-10H2,1-7H3. The second-order valence-electron chi connectivity index (χ2n) is 7.40. The Morgan fingerprint density at radius 2 is 1.40 bits per heavy atom. The Labute approximate surface area is 96.8 Å². The molecule has 1 fully saturated rings. The van der Waals surface area contributed by atoms with Gasteiger partial charge in [-0.3, -0.25) is 0 Å². The molecule has 1 unspecified atom stereocenters. The Balaban J connectivity index is 2.98. The molecule has 0 aromatic heterocycles. The van der Waals surface area contributed by atoms with E-state index in [1.165, 1.54) is 19.3 Å². The van der Waals surface area contributed by atoms with Crippen molar-refractivity contribution in [2.75, 3.05) is 0 Å². The minimum absolute atomic E-state index is 0.548. The highest BCUT2D eigenvalue weighted by atomic mass is 14.5. The smallest absolute Gasteiger partial charge is 0.0244 e. The SMILES string of the molecule is CC1CC(C)(C)CC(C(C)C)(C(C)C)C1. The largest absolute Gasteiger partial charge is 0.0625 e. The van der Waals surface area contributed by atoms with Crippen LogP contribution in [-0.2, 0) is 0 Å². The molecular weight excluding hydrogens is 180 g/mol. The lowest BCUT2D eigenvalue weighted by Crippen LogP contribution is -2.43. The zero-order valence-electron chi connectivity index (χ0n) is 11.9. The molecule has 0 bridgehead atoms. The first-order chi connectivity index (χ1) is 6.69. The predicted molar refractivity (Wildman–Crippen MR) is 68.9 cm³/mol. The highest BCUT2D eigenvalue weighted by Crippen LogP contribution is 2.55. The third-order valence-corrected chi connectivity index (χ3v) is 4.74. The van der Waals surface area contributed by atoms with E-state index in [2.05, 4.69) is 48.5 Å². The minimum Gasteiger partial charge on any atom is -0.0625 e. The van der Waals surface area contributed by atoms with Crippen molar-refractivity contribution in [2.24, 2.45) is 28.6 Å². The van der Waals surface area contributed by atoms with Crippen LogP contribution in [0.15, 0.2) is 0 Å². The maximum Gasteiger partial charge on any atom is -0.0244 e. The highest BCUT2D eigenvalue weighted by molar-refractivity contribution is 4.96. The molecule has 0 spiro atoms. The van der Waals surface area contributed by atoms with E-state index in [0.717, 1.165) is 17.8 Å². The van der Waals surface area contributed by atoms with Crippen LogP contribution in [0.1, 0.15) is 67.7 Å². The summed E-state index contributed by atoms with van der Waals surface area (Å²) in [6.45, 7) is 17.1. The van der Waals surface area contributed by atoms with Gasteiger partial charge in [-0.05, 0) is 47.8 Å². The molecule has 0 aromatic carbocycles. The summed E-state index contributed by atoms with van der Waals surface area (Å²) in [5, 5.41) is 0. The zero-order chi connectivity index (χ0) is 11.9. The molecule has 1 aliphatic rings. The molecule has 0 heterocycles. The van der Waals surface area contributed by atoms with Crippen LogP contribution in [0.5, 0.6) is 0 Å². The summed E-state index contributed by atoms with van der Waals surface area (Å²) in [4.78, 5) is 0. The Morgan fingerprint density at radius 3 is 1.73 bits per heavy atom. The van der Waals surface area contributed by atoms with Crippen molar-refractivity contribution in [3.63, 3.8) is 0 Å². The van der Waals surface area contributed by atoms with Gasteiger partial charge in [0.25, 0.3) is 0 Å². The van der Waals surface area contributed by atoms with Gasteiger partial charge in [0.1, 0.15) is 0 Å². The van der Waals surface area contributed by atoms with Crippen LogP contribution in [0.4, 0.5) is 0 Å². The van der Waals surface area contributed by atoms with Crippen LogP contribution in [0.25, 0.3) is 0 Å². The summed E-state index contributed by atoms with van der Waals surface area (Å²) in [6, 6.07) is 0. The van der Waals surface area contributed by atoms with Gasteiger partial charge in [0.15, 0.2) is 0 Å². The van der Waals surface area contributed by atoms with Crippen molar-refractivity contribution < 1.29 is 0 Å². The molecule has 1 aliphatic carbocycles. The fourth-order valence-electron chi connectivity index (χ4n) is 4.25. The van der Waals surface area contributed by atoms with Crippen molar-refractivity contribution in [3.8, 4) is 0 Å². The molecule has 0 heteroatoms. The zero-order valence-corrected chi connectivity index (χ0v) is 11.9. The summed E-state index contributed by atoms with van der Waals surface area (Å²) >= 11 is 0. The first kappa shape index (κ1) is 13.1. The molecule has 0 radical (unpaired) electrons. The van der Waals surface area contributed by atoms with E-state index in [1.54, 1.807) is 0 Å². The maximum atomic E-state index is 2.46. The van der Waals surface area contributed by atoms with Crippen molar-refractivity contribution >= 4 is 0 Å². The molecule has 1 rings (SSSR count). The molecule has 0 N–H and O–H groups in total. The van der Waals surface area contributed by atoms with Crippen LogP contribution in [0, 0.1) is 28.6 Å². The van der Waals surface area contributed by atoms with Crippen molar-refractivity contribution in [1.29, 1.82) is 0 Å². The quantitative estimate of drug-likeness (QED) is 0.592. The molecule has 90 valence electrons. The van der Waals surface area contributed by atoms with Gasteiger partial charge in [-0.25, -0.2) is 0 Å². The van der Waals surface area contributed by atoms with Gasteiger partial charge in [-0.1, -0.05) is 48.5 Å². The maximum absolute atomic E-state index is 2.46. The Hall–Kier alpha value is 0. The molecular formula is C15H30. The third-order valence-electron chi connectivity index (χ3n) is 4.74. The van der Waals surface area contributed by atoms with Gasteiger partial charge in [0, 0.05) is 0 Å². The lowest BCUT2D eigenvalue weighted by molar-refractivity contribution is -0.0269. The lowest BCUT2D eigenvalue weighted by Gasteiger charge is -2.53. The fourth-order valence-corrected chi connectivity index (χ4v) is 4.25. The molecule has 0 nitrogen and oxygen atoms in total. The third kappa shape index (κ3) is 2.57. The molecule has 15 heavy (non-hydrogen) atoms. The molecule has 0 aromatic rings. The summed E-state index contributed by atoms with van der Waals surface area (Å²) in [6.07, 6.45) is 4.26. The Kier molecular flexibility index (Phi) is 3.58. The van der Waals surface area contributed by atoms with Crippen molar-refractivity contribution in [2.45, 2.75) is 67.7 Å². The minimum atomic E-state index is 0.548. The van der Waals surface area contributed by atoms with Crippen molar-refractivity contribution in [3.05, 3.63) is 0 Å². The average Bonchev–Trinajstić information content (AvgIpc) is 1.99. The highest BCUT2D eigenvalue weighted by Gasteiger charge is 2.46. The summed E-state index contributed by atoms with van der Waals surface area (Å²) in [7, 11) is 0. The van der Waals surface area contributed by atoms with E-state index in [-0.39, 0.29) is 0 Å². The van der Waals surface area contributed by atoms with Crippen LogP contribution >= 0.6 is 0 Å². The van der Waals surface area contributed by atoms with Gasteiger partial charge in [-0.15, -0.1) is 0 Å². The normalized spacial score (nSPS) is 29.8. The molecule has 1 atom stereocenters. The van der Waals surface area contributed by atoms with Crippen LogP contribution in [0.3, 0.4) is 0 Å². The van der Waals surface area contributed by atoms with Gasteiger partial charge in [0.05, 0.1) is 0 Å². The number of hydrogen-bond acceptors (Lipinski definition) is 0. The lowest BCUT2D eigenvalue weighted by atomic mass is 9.52. The topological polar surface area (TPSA) is 0 Å². The first-order valence-electron chi connectivity index (χ1n) is 6.69. The van der Waals surface area contributed by atoms with Gasteiger partial charge in [-0.2, -0.15) is 0 Å². The second kappa shape index (κ2) is 4.11. The second-order valence-corrected chi connectivity index (χ2v) is 7.40. The van der Waals surface area contributed by atoms with E-state index in [9.17, 15) is 0 Å². The van der Waals surface area contributed by atoms with E-state index in [1.807, 2.05) is 0 Å². The van der Waals surface area contributed by atoms with E-state index in [4.69, 9.17) is 0 Å². The van der Waals surface area contributed by atoms with Gasteiger partial charge < -0.3 is 0 Å². The summed E-state index contributed by atoms with van der Waals surface area (Å²) < 4.78 is 0.